The first-order chi connectivity index (χ1) is 19.6. The summed E-state index contributed by atoms with van der Waals surface area (Å²) in [5.74, 6) is 4.47. The number of carbonyl (C=O) groups is 1. The molecule has 0 radical (unpaired) electrons. The van der Waals surface area contributed by atoms with Crippen LogP contribution >= 0.6 is 0 Å². The molecule has 4 aromatic rings. The molecule has 4 N–H and O–H groups in total. The number of nitrogen functional groups attached to an aromatic ring is 1. The first-order valence-electron chi connectivity index (χ1n) is 13.6. The summed E-state index contributed by atoms with van der Waals surface area (Å²) in [6.45, 7) is 11.0. The number of fused-ring (bicyclic) bond motifs is 1. The minimum atomic E-state index is -1.28. The van der Waals surface area contributed by atoms with Gasteiger partial charge in [0, 0.05) is 41.1 Å². The van der Waals surface area contributed by atoms with E-state index in [1.807, 2.05) is 25.1 Å². The number of halogens is 2. The average molecular weight is 576 g/mol. The summed E-state index contributed by atoms with van der Waals surface area (Å²) in [5.41, 5.74) is 7.28. The lowest BCUT2D eigenvalue weighted by molar-refractivity contribution is 0.0891. The molecule has 0 saturated carbocycles. The maximum absolute atomic E-state index is 14.2. The van der Waals surface area contributed by atoms with Gasteiger partial charge in [0.1, 0.15) is 22.9 Å². The molecule has 2 aromatic heterocycles. The Hall–Kier alpha value is -4.49. The van der Waals surface area contributed by atoms with Crippen molar-refractivity contribution in [1.82, 2.24) is 20.1 Å². The van der Waals surface area contributed by atoms with E-state index in [0.717, 1.165) is 22.5 Å². The van der Waals surface area contributed by atoms with Gasteiger partial charge in [-0.25, -0.2) is 18.6 Å². The molecule has 4 rings (SSSR count). The molecule has 0 aliphatic carbocycles. The Labute approximate surface area is 243 Å². The van der Waals surface area contributed by atoms with E-state index in [2.05, 4.69) is 22.3 Å². The summed E-state index contributed by atoms with van der Waals surface area (Å²) in [6.07, 6.45) is -1.90. The summed E-state index contributed by atoms with van der Waals surface area (Å²) >= 11 is 0. The molecule has 8 nitrogen and oxygen atoms in total. The lowest BCUT2D eigenvalue weighted by Crippen LogP contribution is -2.41. The second-order valence-corrected chi connectivity index (χ2v) is 11.6. The summed E-state index contributed by atoms with van der Waals surface area (Å²) in [6, 6.07) is 12.2. The Bertz CT molecular complexity index is 1670. The van der Waals surface area contributed by atoms with Crippen LogP contribution in [0, 0.1) is 23.5 Å². The molecule has 0 aliphatic rings. The van der Waals surface area contributed by atoms with E-state index in [4.69, 9.17) is 15.5 Å². The van der Waals surface area contributed by atoms with Gasteiger partial charge in [-0.3, -0.25) is 4.68 Å². The van der Waals surface area contributed by atoms with Gasteiger partial charge in [0.05, 0.1) is 11.2 Å². The number of aryl methyl sites for hydroxylation is 1. The van der Waals surface area contributed by atoms with Crippen LogP contribution in [0.2, 0.25) is 0 Å². The second kappa shape index (κ2) is 11.8. The predicted molar refractivity (Wildman–Crippen MR) is 158 cm³/mol. The monoisotopic (exact) mass is 575 g/mol. The molecule has 0 bridgehead atoms. The fourth-order valence-electron chi connectivity index (χ4n) is 4.54. The SMILES string of the molecule is CCn1nc(N)c2cccc(-c3ccc(C#CC(C)(C)O)nc3[C@H](Cc3cc(F)cc(F)c3)OC(=O)NC(C)(C)C)c21. The van der Waals surface area contributed by atoms with Crippen molar-refractivity contribution in [2.24, 2.45) is 0 Å². The number of benzene rings is 2. The first-order valence-corrected chi connectivity index (χ1v) is 13.6. The number of amides is 1. The van der Waals surface area contributed by atoms with Crippen molar-refractivity contribution >= 4 is 22.8 Å². The number of nitrogens with one attached hydrogen (secondary N) is 1. The Balaban J connectivity index is 1.97. The van der Waals surface area contributed by atoms with Crippen LogP contribution in [0.5, 0.6) is 0 Å². The van der Waals surface area contributed by atoms with Gasteiger partial charge in [0.25, 0.3) is 0 Å². The summed E-state index contributed by atoms with van der Waals surface area (Å²) in [7, 11) is 0. The molecule has 1 amide bonds. The summed E-state index contributed by atoms with van der Waals surface area (Å²) < 4.78 is 36.1. The van der Waals surface area contributed by atoms with Crippen LogP contribution in [0.25, 0.3) is 22.0 Å². The fourth-order valence-corrected chi connectivity index (χ4v) is 4.54. The highest BCUT2D eigenvalue weighted by atomic mass is 19.1. The molecule has 0 fully saturated rings. The van der Waals surface area contributed by atoms with Crippen molar-refractivity contribution in [3.63, 3.8) is 0 Å². The zero-order valence-corrected chi connectivity index (χ0v) is 24.5. The zero-order chi connectivity index (χ0) is 30.8. The number of rotatable bonds is 6. The number of ether oxygens (including phenoxy) is 1. The van der Waals surface area contributed by atoms with Crippen LogP contribution in [-0.2, 0) is 17.7 Å². The van der Waals surface area contributed by atoms with Gasteiger partial charge in [-0.1, -0.05) is 18.1 Å². The van der Waals surface area contributed by atoms with Gasteiger partial charge in [0.15, 0.2) is 11.9 Å². The smallest absolute Gasteiger partial charge is 0.408 e. The lowest BCUT2D eigenvalue weighted by atomic mass is 9.95. The van der Waals surface area contributed by atoms with Gasteiger partial charge in [0.2, 0.25) is 0 Å². The number of anilines is 1. The quantitative estimate of drug-likeness (QED) is 0.246. The molecule has 42 heavy (non-hydrogen) atoms. The molecule has 1 atom stereocenters. The molecule has 0 aliphatic heterocycles. The normalized spacial score (nSPS) is 12.5. The Morgan fingerprint density at radius 2 is 1.79 bits per heavy atom. The number of alkyl carbamates (subject to hydrolysis) is 1. The number of aliphatic hydroxyl groups is 1. The number of nitrogens with two attached hydrogens (primary N) is 1. The van der Waals surface area contributed by atoms with Crippen molar-refractivity contribution in [3.05, 3.63) is 77.1 Å². The standard InChI is InChI=1S/C32H35F2N5O3/c1-7-39-28-24(9-8-10-25(28)29(35)38-39)23-12-11-22(13-14-32(5,6)41)36-27(23)26(42-30(40)37-31(2,3)4)17-19-15-20(33)18-21(34)16-19/h8-12,15-16,18,26,41H,7,17H2,1-6H3,(H2,35,38)(H,37,40)/t26-/m0/s1. The summed E-state index contributed by atoms with van der Waals surface area (Å²) in [4.78, 5) is 17.8. The maximum atomic E-state index is 14.2. The number of hydrogen-bond acceptors (Lipinski definition) is 6. The van der Waals surface area contributed by atoms with E-state index in [1.54, 1.807) is 51.4 Å². The van der Waals surface area contributed by atoms with E-state index in [9.17, 15) is 18.7 Å². The van der Waals surface area contributed by atoms with Crippen LogP contribution in [0.4, 0.5) is 19.4 Å². The zero-order valence-electron chi connectivity index (χ0n) is 24.5. The third-order valence-corrected chi connectivity index (χ3v) is 6.18. The highest BCUT2D eigenvalue weighted by Gasteiger charge is 2.27. The molecular formula is C32H35F2N5O3. The second-order valence-electron chi connectivity index (χ2n) is 11.6. The van der Waals surface area contributed by atoms with Gasteiger partial charge in [-0.2, -0.15) is 5.10 Å². The van der Waals surface area contributed by atoms with E-state index in [-0.39, 0.29) is 12.0 Å². The number of aromatic nitrogens is 3. The Morgan fingerprint density at radius 3 is 2.40 bits per heavy atom. The Morgan fingerprint density at radius 1 is 1.10 bits per heavy atom. The highest BCUT2D eigenvalue weighted by Crippen LogP contribution is 2.37. The number of carbonyl (C=O) groups excluding carboxylic acids is 1. The Kier molecular flexibility index (Phi) is 8.55. The van der Waals surface area contributed by atoms with Crippen molar-refractivity contribution in [2.75, 3.05) is 5.73 Å². The third-order valence-electron chi connectivity index (χ3n) is 6.18. The minimum Gasteiger partial charge on any atom is -0.439 e. The molecular weight excluding hydrogens is 540 g/mol. The molecule has 0 spiro atoms. The number of nitrogens with zero attached hydrogens (tertiary/aromatic N) is 3. The molecule has 220 valence electrons. The minimum absolute atomic E-state index is 0.0836. The van der Waals surface area contributed by atoms with E-state index in [1.165, 1.54) is 12.1 Å². The van der Waals surface area contributed by atoms with Crippen LogP contribution in [-0.4, -0.2) is 37.1 Å². The topological polar surface area (TPSA) is 115 Å². The van der Waals surface area contributed by atoms with E-state index < -0.39 is 35.0 Å². The molecule has 0 unspecified atom stereocenters. The van der Waals surface area contributed by atoms with Crippen LogP contribution in [0.15, 0.2) is 48.5 Å². The van der Waals surface area contributed by atoms with Gasteiger partial charge < -0.3 is 20.9 Å². The predicted octanol–water partition coefficient (Wildman–Crippen LogP) is 5.91. The average Bonchev–Trinajstić information content (AvgIpc) is 3.21. The van der Waals surface area contributed by atoms with Gasteiger partial charge in [-0.05, 0) is 83.4 Å². The number of pyridine rings is 1. The summed E-state index contributed by atoms with van der Waals surface area (Å²) in [5, 5.41) is 18.1. The van der Waals surface area contributed by atoms with Gasteiger partial charge in [-0.15, -0.1) is 0 Å². The molecule has 0 saturated heterocycles. The highest BCUT2D eigenvalue weighted by molar-refractivity contribution is 6.00. The largest absolute Gasteiger partial charge is 0.439 e. The van der Waals surface area contributed by atoms with Crippen LogP contribution in [0.1, 0.15) is 64.6 Å². The fraction of sp³-hybridized carbons (Fsp3) is 0.344. The molecule has 10 heteroatoms. The van der Waals surface area contributed by atoms with E-state index >= 15 is 0 Å². The van der Waals surface area contributed by atoms with Crippen molar-refractivity contribution in [3.8, 4) is 23.0 Å². The van der Waals surface area contributed by atoms with Crippen LogP contribution < -0.4 is 11.1 Å². The van der Waals surface area contributed by atoms with E-state index in [0.29, 0.717) is 29.3 Å². The third kappa shape index (κ3) is 7.42. The van der Waals surface area contributed by atoms with Crippen molar-refractivity contribution < 1.29 is 23.4 Å². The van der Waals surface area contributed by atoms with Crippen molar-refractivity contribution in [1.29, 1.82) is 0 Å². The number of hydrogen-bond donors (Lipinski definition) is 3. The van der Waals surface area contributed by atoms with Crippen molar-refractivity contribution in [2.45, 2.75) is 71.8 Å². The maximum Gasteiger partial charge on any atom is 0.408 e. The lowest BCUT2D eigenvalue weighted by Gasteiger charge is -2.25. The number of para-hydroxylation sites is 1. The first kappa shape index (κ1) is 30.5. The van der Waals surface area contributed by atoms with Gasteiger partial charge >= 0.3 is 6.09 Å². The molecule has 2 aromatic carbocycles. The molecule has 2 heterocycles. The van der Waals surface area contributed by atoms with Crippen LogP contribution in [0.3, 0.4) is 0 Å².